The summed E-state index contributed by atoms with van der Waals surface area (Å²) in [5, 5.41) is 0. The second-order valence-corrected chi connectivity index (χ2v) is 5.43. The molecule has 2 aliphatic heterocycles. The molecule has 88 valence electrons. The highest BCUT2D eigenvalue weighted by Crippen LogP contribution is 2.43. The second-order valence-electron chi connectivity index (χ2n) is 5.43. The minimum atomic E-state index is -0.650. The Morgan fingerprint density at radius 1 is 1.53 bits per heavy atom. The molecule has 0 N–H and O–H groups in total. The van der Waals surface area contributed by atoms with Gasteiger partial charge in [0.1, 0.15) is 6.17 Å². The number of ether oxygens (including phenoxy) is 1. The lowest BCUT2D eigenvalue weighted by Crippen LogP contribution is -2.45. The van der Waals surface area contributed by atoms with Crippen molar-refractivity contribution in [1.29, 1.82) is 0 Å². The highest BCUT2D eigenvalue weighted by molar-refractivity contribution is 5.06. The van der Waals surface area contributed by atoms with Crippen molar-refractivity contribution >= 4 is 0 Å². The fourth-order valence-corrected chi connectivity index (χ4v) is 3.06. The first-order chi connectivity index (χ1) is 7.03. The summed E-state index contributed by atoms with van der Waals surface area (Å²) in [6, 6.07) is 0.529. The zero-order valence-electron chi connectivity index (χ0n) is 10.0. The van der Waals surface area contributed by atoms with E-state index in [0.29, 0.717) is 25.6 Å². The number of fused-ring (bicyclic) bond motifs is 1. The van der Waals surface area contributed by atoms with E-state index in [1.54, 1.807) is 0 Å². The molecule has 0 spiro atoms. The molecule has 2 aliphatic rings. The number of alkyl halides is 1. The van der Waals surface area contributed by atoms with Gasteiger partial charge in [-0.2, -0.15) is 0 Å². The molecular formula is C12H22FNO. The van der Waals surface area contributed by atoms with Crippen molar-refractivity contribution < 1.29 is 9.13 Å². The van der Waals surface area contributed by atoms with Crippen LogP contribution in [-0.2, 0) is 4.74 Å². The van der Waals surface area contributed by atoms with Gasteiger partial charge >= 0.3 is 0 Å². The van der Waals surface area contributed by atoms with Crippen LogP contribution in [0.5, 0.6) is 0 Å². The number of nitrogens with zero attached hydrogens (tertiary/aromatic N) is 1. The molecule has 0 aromatic rings. The first kappa shape index (κ1) is 11.3. The van der Waals surface area contributed by atoms with Crippen LogP contribution >= 0.6 is 0 Å². The van der Waals surface area contributed by atoms with Crippen molar-refractivity contribution in [2.45, 2.75) is 63.9 Å². The molecule has 0 unspecified atom stereocenters. The smallest absolute Gasteiger partial charge is 0.115 e. The Morgan fingerprint density at radius 3 is 2.93 bits per heavy atom. The fraction of sp³-hybridized carbons (Fsp3) is 1.00. The molecule has 2 saturated heterocycles. The summed E-state index contributed by atoms with van der Waals surface area (Å²) in [4.78, 5) is 2.33. The number of halogens is 1. The molecule has 0 saturated carbocycles. The van der Waals surface area contributed by atoms with Gasteiger partial charge in [0.2, 0.25) is 0 Å². The molecule has 2 rings (SSSR count). The maximum Gasteiger partial charge on any atom is 0.115 e. The molecule has 2 heterocycles. The predicted octanol–water partition coefficient (Wildman–Crippen LogP) is 2.38. The zero-order valence-corrected chi connectivity index (χ0v) is 10.0. The van der Waals surface area contributed by atoms with Crippen LogP contribution in [0.3, 0.4) is 0 Å². The largest absolute Gasteiger partial charge is 0.377 e. The van der Waals surface area contributed by atoms with E-state index in [-0.39, 0.29) is 11.6 Å². The fourth-order valence-electron chi connectivity index (χ4n) is 3.06. The molecule has 0 aromatic carbocycles. The van der Waals surface area contributed by atoms with Gasteiger partial charge in [0, 0.05) is 24.5 Å². The average Bonchev–Trinajstić information content (AvgIpc) is 2.62. The van der Waals surface area contributed by atoms with Crippen molar-refractivity contribution in [3.63, 3.8) is 0 Å². The summed E-state index contributed by atoms with van der Waals surface area (Å²) in [6.45, 7) is 7.61. The zero-order chi connectivity index (χ0) is 11.1. The van der Waals surface area contributed by atoms with Crippen LogP contribution in [0.25, 0.3) is 0 Å². The molecule has 3 heteroatoms. The van der Waals surface area contributed by atoms with Crippen molar-refractivity contribution in [2.24, 2.45) is 0 Å². The molecule has 2 nitrogen and oxygen atoms in total. The van der Waals surface area contributed by atoms with Gasteiger partial charge in [0.15, 0.2) is 0 Å². The normalized spacial score (nSPS) is 41.4. The van der Waals surface area contributed by atoms with E-state index in [2.05, 4.69) is 11.8 Å². The van der Waals surface area contributed by atoms with Gasteiger partial charge in [-0.1, -0.05) is 0 Å². The predicted molar refractivity (Wildman–Crippen MR) is 58.7 cm³/mol. The van der Waals surface area contributed by atoms with E-state index in [9.17, 15) is 4.39 Å². The van der Waals surface area contributed by atoms with Crippen molar-refractivity contribution in [1.82, 2.24) is 4.90 Å². The number of hydrogen-bond acceptors (Lipinski definition) is 2. The molecule has 2 fully saturated rings. The Labute approximate surface area is 91.8 Å². The molecule has 0 amide bonds. The summed E-state index contributed by atoms with van der Waals surface area (Å²) in [5.41, 5.74) is 0.0170. The first-order valence-corrected chi connectivity index (χ1v) is 6.06. The maximum atomic E-state index is 13.5. The third-order valence-electron chi connectivity index (χ3n) is 3.85. The minimum absolute atomic E-state index is 0.0170. The molecule has 0 aromatic heterocycles. The van der Waals surface area contributed by atoms with Gasteiger partial charge in [0.25, 0.3) is 0 Å². The molecular weight excluding hydrogens is 193 g/mol. The lowest BCUT2D eigenvalue weighted by atomic mass is 9.94. The lowest BCUT2D eigenvalue weighted by Gasteiger charge is -2.34. The van der Waals surface area contributed by atoms with Crippen molar-refractivity contribution in [3.05, 3.63) is 0 Å². The van der Waals surface area contributed by atoms with Gasteiger partial charge in [-0.15, -0.1) is 0 Å². The second kappa shape index (κ2) is 4.02. The Balaban J connectivity index is 2.04. The Bertz CT molecular complexity index is 234. The summed E-state index contributed by atoms with van der Waals surface area (Å²) in [7, 11) is 0. The lowest BCUT2D eigenvalue weighted by molar-refractivity contribution is -0.00371. The van der Waals surface area contributed by atoms with Crippen LogP contribution in [0.15, 0.2) is 0 Å². The number of rotatable bonds is 3. The van der Waals surface area contributed by atoms with Crippen molar-refractivity contribution in [2.75, 3.05) is 13.2 Å². The third-order valence-corrected chi connectivity index (χ3v) is 3.85. The maximum absolute atomic E-state index is 13.5. The Hall–Kier alpha value is -0.150. The summed E-state index contributed by atoms with van der Waals surface area (Å²) >= 11 is 0. The van der Waals surface area contributed by atoms with Crippen LogP contribution in [0.2, 0.25) is 0 Å². The Morgan fingerprint density at radius 2 is 2.27 bits per heavy atom. The molecule has 3 atom stereocenters. The first-order valence-electron chi connectivity index (χ1n) is 6.06. The SMILES string of the molecule is CC(C)OC[C@]12CC[C@@H](C)N1C[C@@H](F)C2. The van der Waals surface area contributed by atoms with Gasteiger partial charge < -0.3 is 4.74 Å². The molecule has 0 radical (unpaired) electrons. The summed E-state index contributed by atoms with van der Waals surface area (Å²) in [6.07, 6.45) is 2.55. The van der Waals surface area contributed by atoms with E-state index in [0.717, 1.165) is 6.42 Å². The van der Waals surface area contributed by atoms with E-state index < -0.39 is 6.17 Å². The van der Waals surface area contributed by atoms with Crippen LogP contribution in [0, 0.1) is 0 Å². The molecule has 0 aliphatic carbocycles. The summed E-state index contributed by atoms with van der Waals surface area (Å²) < 4.78 is 19.2. The van der Waals surface area contributed by atoms with E-state index >= 15 is 0 Å². The van der Waals surface area contributed by atoms with Crippen LogP contribution in [0.4, 0.5) is 4.39 Å². The highest BCUT2D eigenvalue weighted by Gasteiger charge is 2.51. The highest BCUT2D eigenvalue weighted by atomic mass is 19.1. The van der Waals surface area contributed by atoms with E-state index in [4.69, 9.17) is 4.74 Å². The Kier molecular flexibility index (Phi) is 3.04. The minimum Gasteiger partial charge on any atom is -0.377 e. The van der Waals surface area contributed by atoms with Gasteiger partial charge in [-0.25, -0.2) is 4.39 Å². The third kappa shape index (κ3) is 2.04. The topological polar surface area (TPSA) is 12.5 Å². The van der Waals surface area contributed by atoms with Gasteiger partial charge in [-0.05, 0) is 33.6 Å². The molecule has 15 heavy (non-hydrogen) atoms. The van der Waals surface area contributed by atoms with E-state index in [1.165, 1.54) is 6.42 Å². The van der Waals surface area contributed by atoms with Crippen LogP contribution in [-0.4, -0.2) is 41.9 Å². The number of hydrogen-bond donors (Lipinski definition) is 0. The average molecular weight is 215 g/mol. The van der Waals surface area contributed by atoms with Gasteiger partial charge in [0.05, 0.1) is 12.7 Å². The van der Waals surface area contributed by atoms with Crippen LogP contribution < -0.4 is 0 Å². The van der Waals surface area contributed by atoms with Crippen LogP contribution in [0.1, 0.15) is 40.0 Å². The monoisotopic (exact) mass is 215 g/mol. The van der Waals surface area contributed by atoms with Crippen molar-refractivity contribution in [3.8, 4) is 0 Å². The molecule has 0 bridgehead atoms. The standard InChI is InChI=1S/C12H22FNO/c1-9(2)15-8-12-5-4-10(3)14(12)7-11(13)6-12/h9-11H,4-8H2,1-3H3/t10-,11+,12-/m1/s1. The van der Waals surface area contributed by atoms with Gasteiger partial charge in [-0.3, -0.25) is 4.90 Å². The quantitative estimate of drug-likeness (QED) is 0.716. The van der Waals surface area contributed by atoms with E-state index in [1.807, 2.05) is 13.8 Å². The summed E-state index contributed by atoms with van der Waals surface area (Å²) in [5.74, 6) is 0.